The number of hydrazone groups is 1. The summed E-state index contributed by atoms with van der Waals surface area (Å²) in [7, 11) is 0. The molecule has 0 fully saturated rings. The first kappa shape index (κ1) is 18.3. The Hall–Kier alpha value is -2.54. The lowest BCUT2D eigenvalue weighted by molar-refractivity contribution is 0.0950. The van der Waals surface area contributed by atoms with E-state index in [0.717, 1.165) is 10.8 Å². The molecule has 0 unspecified atom stereocenters. The zero-order chi connectivity index (χ0) is 18.8. The second-order valence-corrected chi connectivity index (χ2v) is 6.33. The Labute approximate surface area is 163 Å². The summed E-state index contributed by atoms with van der Waals surface area (Å²) in [6.07, 6.45) is 1.32. The van der Waals surface area contributed by atoms with Crippen molar-refractivity contribution in [2.24, 2.45) is 5.10 Å². The van der Waals surface area contributed by atoms with Gasteiger partial charge in [0, 0.05) is 5.56 Å². The van der Waals surface area contributed by atoms with Gasteiger partial charge in [-0.15, -0.1) is 0 Å². The molecule has 3 aromatic rings. The van der Waals surface area contributed by atoms with Crippen molar-refractivity contribution in [2.75, 3.05) is 5.73 Å². The zero-order valence-electron chi connectivity index (χ0n) is 13.0. The number of nitrogens with two attached hydrogens (primary N) is 1. The predicted molar refractivity (Wildman–Crippen MR) is 104 cm³/mol. The molecule has 3 rings (SSSR count). The first-order valence-corrected chi connectivity index (χ1v) is 8.37. The molecule has 0 aliphatic carbocycles. The number of fused-ring (bicyclic) bond motifs is 1. The van der Waals surface area contributed by atoms with Gasteiger partial charge in [0.1, 0.15) is 10.8 Å². The van der Waals surface area contributed by atoms with Crippen molar-refractivity contribution in [1.82, 2.24) is 10.4 Å². The van der Waals surface area contributed by atoms with Crippen LogP contribution in [0.15, 0.2) is 41.5 Å². The number of amides is 1. The fourth-order valence-electron chi connectivity index (χ4n) is 2.31. The predicted octanol–water partition coefficient (Wildman–Crippen LogP) is 4.25. The second-order valence-electron chi connectivity index (χ2n) is 5.21. The molecule has 1 aromatic heterocycles. The summed E-state index contributed by atoms with van der Waals surface area (Å²) in [5.74, 6) is -0.701. The first-order chi connectivity index (χ1) is 12.4. The number of rotatable bonds is 3. The Balaban J connectivity index is 1.88. The maximum Gasteiger partial charge on any atom is 0.291 e. The monoisotopic (exact) mass is 408 g/mol. The molecule has 26 heavy (non-hydrogen) atoms. The van der Waals surface area contributed by atoms with Crippen LogP contribution in [-0.4, -0.2) is 22.2 Å². The average Bonchev–Trinajstić information content (AvgIpc) is 2.64. The summed E-state index contributed by atoms with van der Waals surface area (Å²) in [4.78, 5) is 16.0. The van der Waals surface area contributed by atoms with Crippen molar-refractivity contribution in [1.29, 1.82) is 0 Å². The van der Waals surface area contributed by atoms with Crippen LogP contribution in [0, 0.1) is 0 Å². The molecule has 0 radical (unpaired) electrons. The third-order valence-corrected chi connectivity index (χ3v) is 4.73. The normalized spacial score (nSPS) is 11.2. The van der Waals surface area contributed by atoms with E-state index in [1.807, 2.05) is 24.3 Å². The number of phenolic OH excluding ortho intramolecular Hbond substituents is 1. The molecule has 0 saturated carbocycles. The molecule has 1 amide bonds. The van der Waals surface area contributed by atoms with Gasteiger partial charge in [0.25, 0.3) is 5.91 Å². The van der Waals surface area contributed by atoms with Gasteiger partial charge >= 0.3 is 0 Å². The molecule has 132 valence electrons. The SMILES string of the molecule is Nc1c(Cl)c(Cl)nc(C(=O)NN=Cc2c(O)ccc3ccccc23)c1Cl. The summed E-state index contributed by atoms with van der Waals surface area (Å²) in [5.41, 5.74) is 8.15. The molecule has 9 heteroatoms. The highest BCUT2D eigenvalue weighted by molar-refractivity contribution is 6.46. The Bertz CT molecular complexity index is 1050. The van der Waals surface area contributed by atoms with E-state index in [4.69, 9.17) is 40.5 Å². The van der Waals surface area contributed by atoms with Crippen molar-refractivity contribution < 1.29 is 9.90 Å². The summed E-state index contributed by atoms with van der Waals surface area (Å²) in [6, 6.07) is 10.8. The molecule has 4 N–H and O–H groups in total. The van der Waals surface area contributed by atoms with Crippen molar-refractivity contribution in [3.05, 3.63) is 62.9 Å². The fraction of sp³-hybridized carbons (Fsp3) is 0. The van der Waals surface area contributed by atoms with E-state index in [0.29, 0.717) is 5.56 Å². The highest BCUT2D eigenvalue weighted by Gasteiger charge is 2.19. The number of nitrogens with one attached hydrogen (secondary N) is 1. The minimum absolute atomic E-state index is 0.0247. The Morgan fingerprint density at radius 1 is 1.15 bits per heavy atom. The number of halogens is 3. The number of hydrogen-bond acceptors (Lipinski definition) is 5. The lowest BCUT2D eigenvalue weighted by atomic mass is 10.0. The van der Waals surface area contributed by atoms with Crippen molar-refractivity contribution in [2.45, 2.75) is 0 Å². The molecule has 6 nitrogen and oxygen atoms in total. The molecule has 1 heterocycles. The highest BCUT2D eigenvalue weighted by atomic mass is 35.5. The van der Waals surface area contributed by atoms with Crippen molar-refractivity contribution in [3.63, 3.8) is 0 Å². The Morgan fingerprint density at radius 2 is 1.88 bits per heavy atom. The summed E-state index contributed by atoms with van der Waals surface area (Å²) < 4.78 is 0. The number of aromatic hydroxyl groups is 1. The van der Waals surface area contributed by atoms with Crippen LogP contribution in [0.1, 0.15) is 16.1 Å². The topological polar surface area (TPSA) is 101 Å². The summed E-state index contributed by atoms with van der Waals surface area (Å²) in [6.45, 7) is 0. The molecule has 0 bridgehead atoms. The second kappa shape index (κ2) is 7.37. The average molecular weight is 410 g/mol. The molecular weight excluding hydrogens is 399 g/mol. The van der Waals surface area contributed by atoms with Gasteiger partial charge in [0.05, 0.1) is 16.9 Å². The van der Waals surface area contributed by atoms with E-state index >= 15 is 0 Å². The lowest BCUT2D eigenvalue weighted by Gasteiger charge is -2.08. The van der Waals surface area contributed by atoms with E-state index in [9.17, 15) is 9.90 Å². The standard InChI is InChI=1S/C17H11Cl3N4O2/c18-12-14(21)13(19)16(20)23-15(12)17(26)24-22-7-10-9-4-2-1-3-8(9)5-6-11(10)25/h1-7,25H,(H2,21,23)(H,24,26). The number of benzene rings is 2. The molecular formula is C17H11Cl3N4O2. The van der Waals surface area contributed by atoms with Crippen LogP contribution in [0.3, 0.4) is 0 Å². The molecule has 0 aliphatic rings. The van der Waals surface area contributed by atoms with E-state index in [2.05, 4.69) is 15.5 Å². The van der Waals surface area contributed by atoms with Gasteiger partial charge in [-0.05, 0) is 16.8 Å². The quantitative estimate of drug-likeness (QED) is 0.342. The van der Waals surface area contributed by atoms with E-state index < -0.39 is 5.91 Å². The fourth-order valence-corrected chi connectivity index (χ4v) is 2.90. The molecule has 0 aliphatic heterocycles. The third kappa shape index (κ3) is 3.39. The minimum Gasteiger partial charge on any atom is -0.507 e. The van der Waals surface area contributed by atoms with Crippen LogP contribution in [0.2, 0.25) is 15.2 Å². The van der Waals surface area contributed by atoms with Crippen LogP contribution in [-0.2, 0) is 0 Å². The lowest BCUT2D eigenvalue weighted by Crippen LogP contribution is -2.20. The number of phenols is 1. The number of pyridine rings is 1. The number of hydrogen-bond donors (Lipinski definition) is 3. The van der Waals surface area contributed by atoms with Gasteiger partial charge in [0.15, 0.2) is 10.8 Å². The van der Waals surface area contributed by atoms with E-state index in [-0.39, 0.29) is 32.3 Å². The van der Waals surface area contributed by atoms with Crippen LogP contribution in [0.25, 0.3) is 10.8 Å². The maximum atomic E-state index is 12.2. The summed E-state index contributed by atoms with van der Waals surface area (Å²) in [5, 5.41) is 15.3. The number of carbonyl (C=O) groups excluding carboxylic acids is 1. The van der Waals surface area contributed by atoms with Gasteiger partial charge in [-0.25, -0.2) is 10.4 Å². The minimum atomic E-state index is -0.726. The van der Waals surface area contributed by atoms with Gasteiger partial charge in [-0.2, -0.15) is 5.10 Å². The van der Waals surface area contributed by atoms with Gasteiger partial charge in [-0.3, -0.25) is 4.79 Å². The van der Waals surface area contributed by atoms with E-state index in [1.165, 1.54) is 6.21 Å². The molecule has 0 saturated heterocycles. The molecule has 0 atom stereocenters. The first-order valence-electron chi connectivity index (χ1n) is 7.24. The van der Waals surface area contributed by atoms with Gasteiger partial charge in [-0.1, -0.05) is 65.1 Å². The van der Waals surface area contributed by atoms with Gasteiger partial charge < -0.3 is 10.8 Å². The number of nitrogens with zero attached hydrogens (tertiary/aromatic N) is 2. The largest absolute Gasteiger partial charge is 0.507 e. The number of carbonyl (C=O) groups is 1. The molecule has 2 aromatic carbocycles. The van der Waals surface area contributed by atoms with Gasteiger partial charge in [0.2, 0.25) is 0 Å². The van der Waals surface area contributed by atoms with Crippen molar-refractivity contribution in [3.8, 4) is 5.75 Å². The van der Waals surface area contributed by atoms with Crippen LogP contribution in [0.5, 0.6) is 5.75 Å². The van der Waals surface area contributed by atoms with Crippen LogP contribution in [0.4, 0.5) is 5.69 Å². The highest BCUT2D eigenvalue weighted by Crippen LogP contribution is 2.34. The van der Waals surface area contributed by atoms with E-state index in [1.54, 1.807) is 12.1 Å². The smallest absolute Gasteiger partial charge is 0.291 e. The number of aromatic nitrogens is 1. The Kier molecular flexibility index (Phi) is 5.18. The van der Waals surface area contributed by atoms with Crippen molar-refractivity contribution >= 4 is 63.4 Å². The van der Waals surface area contributed by atoms with Crippen LogP contribution >= 0.6 is 34.8 Å². The van der Waals surface area contributed by atoms with Crippen LogP contribution < -0.4 is 11.2 Å². The number of nitrogen functional groups attached to an aromatic ring is 1. The third-order valence-electron chi connectivity index (χ3n) is 3.59. The Morgan fingerprint density at radius 3 is 2.65 bits per heavy atom. The maximum absolute atomic E-state index is 12.2. The zero-order valence-corrected chi connectivity index (χ0v) is 15.3. The summed E-state index contributed by atoms with van der Waals surface area (Å²) >= 11 is 17.6. The number of anilines is 1. The molecule has 0 spiro atoms.